The van der Waals surface area contributed by atoms with Gasteiger partial charge in [-0.25, -0.2) is 4.98 Å². The molecule has 106 valence electrons. The molecule has 1 aromatic rings. The Hall–Kier alpha value is -1.32. The second-order valence-electron chi connectivity index (χ2n) is 5.84. The summed E-state index contributed by atoms with van der Waals surface area (Å²) in [6.45, 7) is 10.9. The molecule has 2 unspecified atom stereocenters. The molecule has 1 fully saturated rings. The van der Waals surface area contributed by atoms with Gasteiger partial charge < -0.3 is 10.2 Å². The van der Waals surface area contributed by atoms with Gasteiger partial charge in [-0.3, -0.25) is 0 Å². The van der Waals surface area contributed by atoms with E-state index >= 15 is 0 Å². The zero-order valence-corrected chi connectivity index (χ0v) is 12.6. The Morgan fingerprint density at radius 2 is 2.26 bits per heavy atom. The van der Waals surface area contributed by atoms with E-state index in [1.807, 2.05) is 13.0 Å². The second-order valence-corrected chi connectivity index (χ2v) is 5.84. The quantitative estimate of drug-likeness (QED) is 0.904. The Labute approximate surface area is 116 Å². The average molecular weight is 262 g/mol. The Balaban J connectivity index is 2.16. The monoisotopic (exact) mass is 262 g/mol. The fourth-order valence-electron chi connectivity index (χ4n) is 2.49. The minimum Gasteiger partial charge on any atom is -0.367 e. The number of hydrogen-bond donors (Lipinski definition) is 1. The summed E-state index contributed by atoms with van der Waals surface area (Å²) in [4.78, 5) is 11.6. The molecule has 1 aliphatic rings. The van der Waals surface area contributed by atoms with Crippen molar-refractivity contribution < 1.29 is 0 Å². The molecule has 0 radical (unpaired) electrons. The van der Waals surface area contributed by atoms with Crippen LogP contribution in [0.2, 0.25) is 0 Å². The van der Waals surface area contributed by atoms with E-state index in [1.54, 1.807) is 0 Å². The van der Waals surface area contributed by atoms with Gasteiger partial charge in [-0.05, 0) is 39.0 Å². The van der Waals surface area contributed by atoms with E-state index in [9.17, 15) is 0 Å². The van der Waals surface area contributed by atoms with Crippen molar-refractivity contribution in [2.75, 3.05) is 23.3 Å². The molecular weight excluding hydrogens is 236 g/mol. The van der Waals surface area contributed by atoms with Crippen LogP contribution in [0.4, 0.5) is 11.8 Å². The van der Waals surface area contributed by atoms with Crippen molar-refractivity contribution in [3.63, 3.8) is 0 Å². The van der Waals surface area contributed by atoms with E-state index < -0.39 is 0 Å². The first-order valence-electron chi connectivity index (χ1n) is 7.45. The molecule has 1 N–H and O–H groups in total. The van der Waals surface area contributed by atoms with Crippen molar-refractivity contribution in [1.29, 1.82) is 0 Å². The number of nitrogens with zero attached hydrogens (tertiary/aromatic N) is 3. The van der Waals surface area contributed by atoms with Crippen LogP contribution in [0.3, 0.4) is 0 Å². The number of piperidine rings is 1. The lowest BCUT2D eigenvalue weighted by Gasteiger charge is -2.31. The zero-order valence-electron chi connectivity index (χ0n) is 12.6. The molecule has 2 rings (SSSR count). The molecule has 0 aromatic carbocycles. The third-order valence-electron chi connectivity index (χ3n) is 3.79. The summed E-state index contributed by atoms with van der Waals surface area (Å²) in [7, 11) is 0. The largest absolute Gasteiger partial charge is 0.367 e. The number of nitrogens with one attached hydrogen (secondary N) is 1. The first-order chi connectivity index (χ1) is 9.08. The minimum atomic E-state index is 0.447. The van der Waals surface area contributed by atoms with Crippen molar-refractivity contribution >= 4 is 11.8 Å². The first kappa shape index (κ1) is 14.1. The second kappa shape index (κ2) is 6.22. The van der Waals surface area contributed by atoms with E-state index in [1.165, 1.54) is 12.8 Å². The number of rotatable bonds is 4. The predicted octanol–water partition coefficient (Wildman–Crippen LogP) is 3.23. The van der Waals surface area contributed by atoms with Crippen LogP contribution in [0.25, 0.3) is 0 Å². The Morgan fingerprint density at radius 3 is 2.95 bits per heavy atom. The van der Waals surface area contributed by atoms with Gasteiger partial charge >= 0.3 is 0 Å². The molecular formula is C15H26N4. The lowest BCUT2D eigenvalue weighted by Crippen LogP contribution is -2.35. The number of hydrogen-bond acceptors (Lipinski definition) is 4. The van der Waals surface area contributed by atoms with E-state index in [0.29, 0.717) is 6.04 Å². The maximum atomic E-state index is 4.68. The summed E-state index contributed by atoms with van der Waals surface area (Å²) in [5, 5.41) is 3.45. The standard InChI is InChI=1S/C15H26N4/c1-5-12(3)16-14-9-13(4)17-15(18-14)19-8-6-7-11(2)10-19/h9,11-12H,5-8,10H2,1-4H3,(H,16,17,18). The molecule has 0 saturated carbocycles. The van der Waals surface area contributed by atoms with Gasteiger partial charge in [0.2, 0.25) is 5.95 Å². The highest BCUT2D eigenvalue weighted by atomic mass is 15.3. The topological polar surface area (TPSA) is 41.1 Å². The number of anilines is 2. The Bertz CT molecular complexity index is 419. The van der Waals surface area contributed by atoms with Gasteiger partial charge in [0.25, 0.3) is 0 Å². The van der Waals surface area contributed by atoms with Crippen molar-refractivity contribution in [1.82, 2.24) is 9.97 Å². The van der Waals surface area contributed by atoms with Gasteiger partial charge in [-0.1, -0.05) is 13.8 Å². The molecule has 0 spiro atoms. The summed E-state index contributed by atoms with van der Waals surface area (Å²) in [5.41, 5.74) is 1.04. The highest BCUT2D eigenvalue weighted by Crippen LogP contribution is 2.21. The smallest absolute Gasteiger partial charge is 0.227 e. The highest BCUT2D eigenvalue weighted by molar-refractivity contribution is 5.44. The van der Waals surface area contributed by atoms with Gasteiger partial charge in [0, 0.05) is 30.9 Å². The van der Waals surface area contributed by atoms with Crippen LogP contribution < -0.4 is 10.2 Å². The van der Waals surface area contributed by atoms with Crippen molar-refractivity contribution in [2.45, 2.75) is 53.0 Å². The Kier molecular flexibility index (Phi) is 4.61. The fraction of sp³-hybridized carbons (Fsp3) is 0.733. The lowest BCUT2D eigenvalue weighted by atomic mass is 10.0. The van der Waals surface area contributed by atoms with Crippen LogP contribution in [-0.4, -0.2) is 29.1 Å². The third kappa shape index (κ3) is 3.82. The SMILES string of the molecule is CCC(C)Nc1cc(C)nc(N2CCCC(C)C2)n1. The van der Waals surface area contributed by atoms with Crippen molar-refractivity contribution in [2.24, 2.45) is 5.92 Å². The molecule has 4 heteroatoms. The van der Waals surface area contributed by atoms with Gasteiger partial charge in [0.15, 0.2) is 0 Å². The molecule has 0 aliphatic carbocycles. The van der Waals surface area contributed by atoms with Gasteiger partial charge in [-0.15, -0.1) is 0 Å². The molecule has 2 atom stereocenters. The maximum absolute atomic E-state index is 4.68. The van der Waals surface area contributed by atoms with E-state index in [2.05, 4.69) is 41.0 Å². The van der Waals surface area contributed by atoms with Crippen molar-refractivity contribution in [3.05, 3.63) is 11.8 Å². The van der Waals surface area contributed by atoms with Crippen molar-refractivity contribution in [3.8, 4) is 0 Å². The average Bonchev–Trinajstić information content (AvgIpc) is 2.38. The maximum Gasteiger partial charge on any atom is 0.227 e. The molecule has 1 aliphatic heterocycles. The molecule has 2 heterocycles. The molecule has 4 nitrogen and oxygen atoms in total. The summed E-state index contributed by atoms with van der Waals surface area (Å²) in [5.74, 6) is 2.58. The normalized spacial score (nSPS) is 21.3. The fourth-order valence-corrected chi connectivity index (χ4v) is 2.49. The van der Waals surface area contributed by atoms with Crippen LogP contribution in [0.15, 0.2) is 6.07 Å². The van der Waals surface area contributed by atoms with E-state index in [4.69, 9.17) is 0 Å². The van der Waals surface area contributed by atoms with E-state index in [-0.39, 0.29) is 0 Å². The van der Waals surface area contributed by atoms with E-state index in [0.717, 1.165) is 42.9 Å². The molecule has 0 amide bonds. The van der Waals surface area contributed by atoms with Gasteiger partial charge in [0.05, 0.1) is 0 Å². The zero-order chi connectivity index (χ0) is 13.8. The van der Waals surface area contributed by atoms with Crippen LogP contribution >= 0.6 is 0 Å². The highest BCUT2D eigenvalue weighted by Gasteiger charge is 2.19. The molecule has 19 heavy (non-hydrogen) atoms. The lowest BCUT2D eigenvalue weighted by molar-refractivity contribution is 0.442. The molecule has 1 aromatic heterocycles. The van der Waals surface area contributed by atoms with Gasteiger partial charge in [-0.2, -0.15) is 4.98 Å². The summed E-state index contributed by atoms with van der Waals surface area (Å²) in [6, 6.07) is 2.48. The molecule has 1 saturated heterocycles. The van der Waals surface area contributed by atoms with Crippen LogP contribution in [-0.2, 0) is 0 Å². The summed E-state index contributed by atoms with van der Waals surface area (Å²) < 4.78 is 0. The van der Waals surface area contributed by atoms with Crippen LogP contribution in [0.5, 0.6) is 0 Å². The third-order valence-corrected chi connectivity index (χ3v) is 3.79. The minimum absolute atomic E-state index is 0.447. The van der Waals surface area contributed by atoms with Crippen LogP contribution in [0, 0.1) is 12.8 Å². The molecule has 0 bridgehead atoms. The Morgan fingerprint density at radius 1 is 1.47 bits per heavy atom. The number of aromatic nitrogens is 2. The van der Waals surface area contributed by atoms with Gasteiger partial charge in [0.1, 0.15) is 5.82 Å². The summed E-state index contributed by atoms with van der Waals surface area (Å²) in [6.07, 6.45) is 3.66. The number of aryl methyl sites for hydroxylation is 1. The van der Waals surface area contributed by atoms with Crippen LogP contribution in [0.1, 0.15) is 45.7 Å². The summed E-state index contributed by atoms with van der Waals surface area (Å²) >= 11 is 0. The predicted molar refractivity (Wildman–Crippen MR) is 80.8 cm³/mol. The first-order valence-corrected chi connectivity index (χ1v) is 7.45.